The number of carbonyl (C=O) groups is 1. The van der Waals surface area contributed by atoms with Crippen molar-refractivity contribution in [3.63, 3.8) is 0 Å². The Balaban J connectivity index is 1.67. The quantitative estimate of drug-likeness (QED) is 0.606. The Hall–Kier alpha value is -2.80. The number of aryl methyl sites for hydroxylation is 1. The lowest BCUT2D eigenvalue weighted by Crippen LogP contribution is -2.22. The molecule has 140 valence electrons. The Morgan fingerprint density at radius 1 is 1.26 bits per heavy atom. The van der Waals surface area contributed by atoms with Gasteiger partial charge in [-0.1, -0.05) is 17.8 Å². The lowest BCUT2D eigenvalue weighted by Gasteiger charge is -2.14. The van der Waals surface area contributed by atoms with Crippen molar-refractivity contribution in [2.24, 2.45) is 0 Å². The number of rotatable bonds is 6. The molecule has 1 heterocycles. The van der Waals surface area contributed by atoms with Crippen LogP contribution in [0.2, 0.25) is 0 Å². The van der Waals surface area contributed by atoms with Crippen molar-refractivity contribution in [1.29, 1.82) is 0 Å². The first kappa shape index (κ1) is 19.0. The summed E-state index contributed by atoms with van der Waals surface area (Å²) in [4.78, 5) is 20.0. The third-order valence-corrected chi connectivity index (χ3v) is 4.98. The van der Waals surface area contributed by atoms with E-state index in [0.717, 1.165) is 16.8 Å². The van der Waals surface area contributed by atoms with E-state index in [1.165, 1.54) is 23.9 Å². The van der Waals surface area contributed by atoms with Gasteiger partial charge in [-0.3, -0.25) is 4.79 Å². The molecule has 2 aromatic carbocycles. The second kappa shape index (κ2) is 8.26. The zero-order valence-electron chi connectivity index (χ0n) is 15.2. The number of hydrogen-bond donors (Lipinski definition) is 2. The van der Waals surface area contributed by atoms with E-state index in [4.69, 9.17) is 4.74 Å². The van der Waals surface area contributed by atoms with Gasteiger partial charge in [0.1, 0.15) is 11.6 Å². The van der Waals surface area contributed by atoms with Gasteiger partial charge in [-0.2, -0.15) is 0 Å². The number of nitrogens with one attached hydrogen (secondary N) is 2. The predicted molar refractivity (Wildman–Crippen MR) is 106 cm³/mol. The lowest BCUT2D eigenvalue weighted by atomic mass is 10.2. The maximum absolute atomic E-state index is 13.0. The summed E-state index contributed by atoms with van der Waals surface area (Å²) in [6.07, 6.45) is 1.67. The van der Waals surface area contributed by atoms with Gasteiger partial charge in [0, 0.05) is 0 Å². The number of ether oxygens (including phenoxy) is 1. The number of benzene rings is 2. The van der Waals surface area contributed by atoms with Crippen molar-refractivity contribution in [3.8, 4) is 17.0 Å². The van der Waals surface area contributed by atoms with E-state index >= 15 is 0 Å². The molecular weight excluding hydrogens is 365 g/mol. The molecule has 0 aliphatic carbocycles. The largest absolute Gasteiger partial charge is 0.495 e. The average molecular weight is 385 g/mol. The SMILES string of the molecule is COc1ccc(C)cc1NC(=O)[C@@H](C)Sc1ncc(-c2ccc(F)cc2)[nH]1. The maximum atomic E-state index is 13.0. The van der Waals surface area contributed by atoms with E-state index in [1.807, 2.05) is 32.0 Å². The number of carbonyl (C=O) groups excluding carboxylic acids is 1. The second-order valence-corrected chi connectivity index (χ2v) is 7.39. The molecule has 0 unspecified atom stereocenters. The van der Waals surface area contributed by atoms with Gasteiger partial charge in [-0.05, 0) is 61.4 Å². The number of thioether (sulfide) groups is 1. The smallest absolute Gasteiger partial charge is 0.237 e. The predicted octanol–water partition coefficient (Wildman–Crippen LogP) is 4.65. The highest BCUT2D eigenvalue weighted by atomic mass is 32.2. The minimum absolute atomic E-state index is 0.149. The first-order valence-electron chi connectivity index (χ1n) is 8.39. The molecule has 0 bridgehead atoms. The Kier molecular flexibility index (Phi) is 5.81. The maximum Gasteiger partial charge on any atom is 0.237 e. The summed E-state index contributed by atoms with van der Waals surface area (Å²) in [5, 5.41) is 3.14. The summed E-state index contributed by atoms with van der Waals surface area (Å²) in [5.41, 5.74) is 3.27. The van der Waals surface area contributed by atoms with E-state index in [-0.39, 0.29) is 17.0 Å². The Bertz CT molecular complexity index is 941. The summed E-state index contributed by atoms with van der Waals surface area (Å²) in [7, 11) is 1.57. The van der Waals surface area contributed by atoms with Gasteiger partial charge in [0.2, 0.25) is 5.91 Å². The number of imidazole rings is 1. The number of halogens is 1. The van der Waals surface area contributed by atoms with Crippen LogP contribution in [0.1, 0.15) is 12.5 Å². The highest BCUT2D eigenvalue weighted by Gasteiger charge is 2.18. The van der Waals surface area contributed by atoms with Crippen molar-refractivity contribution in [2.45, 2.75) is 24.3 Å². The normalized spacial score (nSPS) is 11.9. The molecule has 1 atom stereocenters. The van der Waals surface area contributed by atoms with Crippen molar-refractivity contribution < 1.29 is 13.9 Å². The van der Waals surface area contributed by atoms with E-state index in [9.17, 15) is 9.18 Å². The van der Waals surface area contributed by atoms with Crippen LogP contribution in [-0.2, 0) is 4.79 Å². The van der Waals surface area contributed by atoms with Crippen molar-refractivity contribution in [1.82, 2.24) is 9.97 Å². The molecule has 2 N–H and O–H groups in total. The van der Waals surface area contributed by atoms with Crippen LogP contribution in [-0.4, -0.2) is 28.2 Å². The average Bonchev–Trinajstić information content (AvgIpc) is 3.11. The summed E-state index contributed by atoms with van der Waals surface area (Å²) in [6.45, 7) is 3.76. The number of amides is 1. The van der Waals surface area contributed by atoms with Gasteiger partial charge in [0.15, 0.2) is 5.16 Å². The number of H-pyrrole nitrogens is 1. The van der Waals surface area contributed by atoms with Crippen LogP contribution >= 0.6 is 11.8 Å². The van der Waals surface area contributed by atoms with Crippen LogP contribution in [0.3, 0.4) is 0 Å². The van der Waals surface area contributed by atoms with E-state index in [0.29, 0.717) is 16.6 Å². The molecule has 0 spiro atoms. The zero-order valence-corrected chi connectivity index (χ0v) is 16.1. The Labute approximate surface area is 161 Å². The molecule has 3 aromatic rings. The molecule has 7 heteroatoms. The summed E-state index contributed by atoms with van der Waals surface area (Å²) in [6, 6.07) is 11.8. The highest BCUT2D eigenvalue weighted by Crippen LogP contribution is 2.28. The van der Waals surface area contributed by atoms with E-state index in [1.54, 1.807) is 25.4 Å². The fourth-order valence-corrected chi connectivity index (χ4v) is 3.30. The number of methoxy groups -OCH3 is 1. The minimum atomic E-state index is -0.373. The number of nitrogens with zero attached hydrogens (tertiary/aromatic N) is 1. The molecular formula is C20H20FN3O2S. The van der Waals surface area contributed by atoms with Crippen molar-refractivity contribution in [2.75, 3.05) is 12.4 Å². The van der Waals surface area contributed by atoms with E-state index in [2.05, 4.69) is 15.3 Å². The zero-order chi connectivity index (χ0) is 19.4. The standard InChI is InChI=1S/C20H20FN3O2S/c1-12-4-9-18(26-3)16(10-12)23-19(25)13(2)27-20-22-11-17(24-20)14-5-7-15(21)8-6-14/h4-11,13H,1-3H3,(H,22,24)(H,23,25)/t13-/m1/s1. The summed E-state index contributed by atoms with van der Waals surface area (Å²) < 4.78 is 18.3. The number of aromatic nitrogens is 2. The van der Waals surface area contributed by atoms with Gasteiger partial charge in [0.25, 0.3) is 0 Å². The monoisotopic (exact) mass is 385 g/mol. The third kappa shape index (κ3) is 4.68. The molecule has 0 saturated carbocycles. The summed E-state index contributed by atoms with van der Waals surface area (Å²) in [5.74, 6) is 0.177. The van der Waals surface area contributed by atoms with Crippen LogP contribution in [0, 0.1) is 12.7 Å². The van der Waals surface area contributed by atoms with Crippen LogP contribution in [0.4, 0.5) is 10.1 Å². The molecule has 0 aliphatic heterocycles. The van der Waals surface area contributed by atoms with Crippen molar-refractivity contribution >= 4 is 23.4 Å². The Morgan fingerprint density at radius 2 is 2.00 bits per heavy atom. The van der Waals surface area contributed by atoms with Gasteiger partial charge >= 0.3 is 0 Å². The molecule has 1 amide bonds. The highest BCUT2D eigenvalue weighted by molar-refractivity contribution is 8.00. The first-order valence-corrected chi connectivity index (χ1v) is 9.27. The number of anilines is 1. The number of aromatic amines is 1. The molecule has 1 aromatic heterocycles. The Morgan fingerprint density at radius 3 is 2.70 bits per heavy atom. The molecule has 0 radical (unpaired) electrons. The van der Waals surface area contributed by atoms with Crippen LogP contribution in [0.15, 0.2) is 53.8 Å². The topological polar surface area (TPSA) is 67.0 Å². The second-order valence-electron chi connectivity index (χ2n) is 6.06. The van der Waals surface area contributed by atoms with Crippen LogP contribution < -0.4 is 10.1 Å². The molecule has 5 nitrogen and oxygen atoms in total. The summed E-state index contributed by atoms with van der Waals surface area (Å²) >= 11 is 1.31. The van der Waals surface area contributed by atoms with Gasteiger partial charge in [-0.15, -0.1) is 0 Å². The fourth-order valence-electron chi connectivity index (χ4n) is 2.51. The van der Waals surface area contributed by atoms with Crippen LogP contribution in [0.5, 0.6) is 5.75 Å². The lowest BCUT2D eigenvalue weighted by molar-refractivity contribution is -0.115. The molecule has 27 heavy (non-hydrogen) atoms. The number of hydrogen-bond acceptors (Lipinski definition) is 4. The third-order valence-electron chi connectivity index (χ3n) is 3.98. The fraction of sp³-hybridized carbons (Fsp3) is 0.200. The van der Waals surface area contributed by atoms with Crippen molar-refractivity contribution in [3.05, 3.63) is 60.0 Å². The van der Waals surface area contributed by atoms with Crippen LogP contribution in [0.25, 0.3) is 11.3 Å². The van der Waals surface area contributed by atoms with E-state index < -0.39 is 0 Å². The molecule has 0 fully saturated rings. The molecule has 0 saturated heterocycles. The molecule has 0 aliphatic rings. The van der Waals surface area contributed by atoms with Gasteiger partial charge in [-0.25, -0.2) is 9.37 Å². The van der Waals surface area contributed by atoms with Gasteiger partial charge in [0.05, 0.1) is 29.9 Å². The first-order chi connectivity index (χ1) is 13.0. The minimum Gasteiger partial charge on any atom is -0.495 e. The molecule has 3 rings (SSSR count). The van der Waals surface area contributed by atoms with Gasteiger partial charge < -0.3 is 15.0 Å².